The number of esters is 1. The van der Waals surface area contributed by atoms with Gasteiger partial charge in [0.2, 0.25) is 0 Å². The second-order valence-electron chi connectivity index (χ2n) is 2.54. The van der Waals surface area contributed by atoms with E-state index in [0.29, 0.717) is 0 Å². The minimum atomic E-state index is -0.941. The maximum atomic E-state index is 10.7. The van der Waals surface area contributed by atoms with Gasteiger partial charge in [0.15, 0.2) is 6.79 Å². The van der Waals surface area contributed by atoms with Gasteiger partial charge in [-0.3, -0.25) is 0 Å². The molecule has 0 amide bonds. The first-order valence-corrected chi connectivity index (χ1v) is 3.77. The normalized spacial score (nSPS) is 12.2. The van der Waals surface area contributed by atoms with E-state index in [1.165, 1.54) is 6.92 Å². The molecule has 13 heavy (non-hydrogen) atoms. The van der Waals surface area contributed by atoms with Crippen molar-refractivity contribution in [3.63, 3.8) is 0 Å². The number of hydrogen-bond donors (Lipinski definition) is 2. The molecule has 2 N–H and O–H groups in total. The highest BCUT2D eigenvalue weighted by Crippen LogP contribution is 1.92. The highest BCUT2D eigenvalue weighted by molar-refractivity contribution is 5.86. The summed E-state index contributed by atoms with van der Waals surface area (Å²) in [5.74, 6) is -0.543. The van der Waals surface area contributed by atoms with Crippen LogP contribution in [0.3, 0.4) is 0 Å². The molecule has 0 aliphatic rings. The van der Waals surface area contributed by atoms with Crippen molar-refractivity contribution in [2.24, 2.45) is 0 Å². The van der Waals surface area contributed by atoms with Crippen molar-refractivity contribution in [2.75, 3.05) is 20.0 Å². The van der Waals surface area contributed by atoms with Crippen LogP contribution < -0.4 is 0 Å². The smallest absolute Gasteiger partial charge is 0.335 e. The Morgan fingerprint density at radius 2 is 2.23 bits per heavy atom. The molecule has 76 valence electrons. The molecule has 0 rings (SSSR count). The predicted octanol–water partition coefficient (Wildman–Crippen LogP) is -0.567. The van der Waals surface area contributed by atoms with E-state index < -0.39 is 12.1 Å². The van der Waals surface area contributed by atoms with E-state index in [2.05, 4.69) is 11.3 Å². The molecule has 0 bridgehead atoms. The quantitative estimate of drug-likeness (QED) is 0.254. The summed E-state index contributed by atoms with van der Waals surface area (Å²) in [6.45, 7) is 4.19. The van der Waals surface area contributed by atoms with Crippen molar-refractivity contribution in [1.29, 1.82) is 0 Å². The Balaban J connectivity index is 3.36. The van der Waals surface area contributed by atoms with Crippen molar-refractivity contribution in [1.82, 2.24) is 0 Å². The number of aliphatic hydroxyl groups is 2. The van der Waals surface area contributed by atoms with Crippen molar-refractivity contribution in [2.45, 2.75) is 13.0 Å². The molecule has 5 heteroatoms. The standard InChI is InChI=1S/C8H14O5/c1-6(2)8(11)13-5-12-4-7(10)3-9/h7,9-10H,1,3-5H2,2H3. The summed E-state index contributed by atoms with van der Waals surface area (Å²) in [5, 5.41) is 17.2. The van der Waals surface area contributed by atoms with Crippen molar-refractivity contribution in [3.05, 3.63) is 12.2 Å². The van der Waals surface area contributed by atoms with Crippen LogP contribution in [-0.4, -0.2) is 42.3 Å². The van der Waals surface area contributed by atoms with E-state index in [9.17, 15) is 4.79 Å². The molecule has 0 heterocycles. The third-order valence-corrected chi connectivity index (χ3v) is 1.14. The largest absolute Gasteiger partial charge is 0.435 e. The lowest BCUT2D eigenvalue weighted by atomic mass is 10.4. The summed E-state index contributed by atoms with van der Waals surface area (Å²) in [5.41, 5.74) is 0.284. The topological polar surface area (TPSA) is 76.0 Å². The zero-order valence-corrected chi connectivity index (χ0v) is 7.52. The van der Waals surface area contributed by atoms with E-state index >= 15 is 0 Å². The predicted molar refractivity (Wildman–Crippen MR) is 44.8 cm³/mol. The second kappa shape index (κ2) is 6.59. The van der Waals surface area contributed by atoms with Gasteiger partial charge in [0.05, 0.1) is 13.2 Å². The number of rotatable bonds is 6. The Labute approximate surface area is 76.6 Å². The maximum Gasteiger partial charge on any atom is 0.335 e. The molecule has 0 saturated heterocycles. The highest BCUT2D eigenvalue weighted by atomic mass is 16.7. The van der Waals surface area contributed by atoms with Crippen LogP contribution in [0.2, 0.25) is 0 Å². The van der Waals surface area contributed by atoms with Crippen LogP contribution in [0.4, 0.5) is 0 Å². The van der Waals surface area contributed by atoms with Gasteiger partial charge >= 0.3 is 5.97 Å². The Hall–Kier alpha value is -0.910. The summed E-state index contributed by atoms with van der Waals surface area (Å²) in [7, 11) is 0. The van der Waals surface area contributed by atoms with Gasteiger partial charge in [-0.15, -0.1) is 0 Å². The lowest BCUT2D eigenvalue weighted by Crippen LogP contribution is -2.21. The molecule has 1 atom stereocenters. The van der Waals surface area contributed by atoms with E-state index in [4.69, 9.17) is 14.9 Å². The third-order valence-electron chi connectivity index (χ3n) is 1.14. The zero-order valence-electron chi connectivity index (χ0n) is 7.52. The van der Waals surface area contributed by atoms with Crippen LogP contribution in [0.25, 0.3) is 0 Å². The molecule has 0 aromatic carbocycles. The van der Waals surface area contributed by atoms with Crippen LogP contribution in [0.1, 0.15) is 6.92 Å². The van der Waals surface area contributed by atoms with E-state index in [1.807, 2.05) is 0 Å². The Morgan fingerprint density at radius 1 is 1.62 bits per heavy atom. The van der Waals surface area contributed by atoms with Gasteiger partial charge in [-0.05, 0) is 6.92 Å². The molecule has 0 aliphatic carbocycles. The monoisotopic (exact) mass is 190 g/mol. The minimum Gasteiger partial charge on any atom is -0.435 e. The summed E-state index contributed by atoms with van der Waals surface area (Å²) >= 11 is 0. The average Bonchev–Trinajstić information content (AvgIpc) is 2.11. The molecule has 5 nitrogen and oxygen atoms in total. The van der Waals surface area contributed by atoms with Gasteiger partial charge in [-0.25, -0.2) is 4.79 Å². The molecule has 0 spiro atoms. The Kier molecular flexibility index (Phi) is 6.13. The van der Waals surface area contributed by atoms with Crippen molar-refractivity contribution < 1.29 is 24.5 Å². The van der Waals surface area contributed by atoms with Gasteiger partial charge < -0.3 is 19.7 Å². The molecule has 0 aromatic heterocycles. The first-order valence-electron chi connectivity index (χ1n) is 3.77. The lowest BCUT2D eigenvalue weighted by Gasteiger charge is -2.08. The third kappa shape index (κ3) is 6.27. The fraction of sp³-hybridized carbons (Fsp3) is 0.625. The van der Waals surface area contributed by atoms with Gasteiger partial charge in [0.25, 0.3) is 0 Å². The fourth-order valence-electron chi connectivity index (χ4n) is 0.455. The van der Waals surface area contributed by atoms with Gasteiger partial charge in [0.1, 0.15) is 6.10 Å². The summed E-state index contributed by atoms with van der Waals surface area (Å²) in [4.78, 5) is 10.7. The molecular weight excluding hydrogens is 176 g/mol. The number of hydrogen-bond acceptors (Lipinski definition) is 5. The first-order chi connectivity index (χ1) is 6.07. The fourth-order valence-corrected chi connectivity index (χ4v) is 0.455. The molecule has 0 radical (unpaired) electrons. The molecule has 0 aromatic rings. The summed E-state index contributed by atoms with van der Waals surface area (Å²) in [6, 6.07) is 0. The Morgan fingerprint density at radius 3 is 2.69 bits per heavy atom. The molecule has 0 fully saturated rings. The Bertz CT molecular complexity index is 177. The number of carbonyl (C=O) groups is 1. The van der Waals surface area contributed by atoms with Crippen LogP contribution in [0.15, 0.2) is 12.2 Å². The minimum absolute atomic E-state index is 0.0695. The van der Waals surface area contributed by atoms with Crippen molar-refractivity contribution >= 4 is 5.97 Å². The summed E-state index contributed by atoms with van der Waals surface area (Å²) in [6.07, 6.45) is -0.941. The first kappa shape index (κ1) is 12.1. The molecule has 0 aliphatic heterocycles. The van der Waals surface area contributed by atoms with Crippen LogP contribution in [-0.2, 0) is 14.3 Å². The summed E-state index contributed by atoms with van der Waals surface area (Å²) < 4.78 is 9.26. The molecule has 1 unspecified atom stereocenters. The SMILES string of the molecule is C=C(C)C(=O)OCOCC(O)CO. The molecular formula is C8H14O5. The molecule has 0 saturated carbocycles. The maximum absolute atomic E-state index is 10.7. The van der Waals surface area contributed by atoms with E-state index in [1.54, 1.807) is 0 Å². The average molecular weight is 190 g/mol. The zero-order chi connectivity index (χ0) is 10.3. The van der Waals surface area contributed by atoms with Gasteiger partial charge in [-0.2, -0.15) is 0 Å². The van der Waals surface area contributed by atoms with Gasteiger partial charge in [-0.1, -0.05) is 6.58 Å². The number of aliphatic hydroxyl groups excluding tert-OH is 2. The van der Waals surface area contributed by atoms with Crippen LogP contribution >= 0.6 is 0 Å². The highest BCUT2D eigenvalue weighted by Gasteiger charge is 2.04. The van der Waals surface area contributed by atoms with E-state index in [-0.39, 0.29) is 25.6 Å². The lowest BCUT2D eigenvalue weighted by molar-refractivity contribution is -0.154. The van der Waals surface area contributed by atoms with Crippen LogP contribution in [0, 0.1) is 0 Å². The number of ether oxygens (including phenoxy) is 2. The van der Waals surface area contributed by atoms with E-state index in [0.717, 1.165) is 0 Å². The number of carbonyl (C=O) groups excluding carboxylic acids is 1. The van der Waals surface area contributed by atoms with Crippen LogP contribution in [0.5, 0.6) is 0 Å². The second-order valence-corrected chi connectivity index (χ2v) is 2.54. The van der Waals surface area contributed by atoms with Gasteiger partial charge in [0, 0.05) is 5.57 Å². The van der Waals surface area contributed by atoms with Crippen molar-refractivity contribution in [3.8, 4) is 0 Å².